The number of hydrogen-bond acceptors (Lipinski definition) is 5. The highest BCUT2D eigenvalue weighted by atomic mass is 79.9. The van der Waals surface area contributed by atoms with E-state index in [1.165, 1.54) is 15.9 Å². The summed E-state index contributed by atoms with van der Waals surface area (Å²) < 4.78 is 1.92. The van der Waals surface area contributed by atoms with Crippen LogP contribution in [-0.4, -0.2) is 40.9 Å². The van der Waals surface area contributed by atoms with Crippen LogP contribution in [0.3, 0.4) is 0 Å². The standard InChI is InChI=1S/C15H18BrN5O/c1-11-3-4-17-9-12(11)20-5-7-21(8-6-20)13-10-18-19(2)15(22)14(13)16/h3-4,9-10H,5-8H2,1-2H3. The van der Waals surface area contributed by atoms with Crippen molar-refractivity contribution in [2.24, 2.45) is 7.05 Å². The molecule has 116 valence electrons. The largest absolute Gasteiger partial charge is 0.367 e. The first-order valence-corrected chi connectivity index (χ1v) is 7.99. The third-order valence-corrected chi connectivity index (χ3v) is 4.78. The Hall–Kier alpha value is -1.89. The van der Waals surface area contributed by atoms with Crippen molar-refractivity contribution in [1.82, 2.24) is 14.8 Å². The Labute approximate surface area is 137 Å². The van der Waals surface area contributed by atoms with E-state index in [4.69, 9.17) is 0 Å². The summed E-state index contributed by atoms with van der Waals surface area (Å²) in [5, 5.41) is 4.11. The number of pyridine rings is 1. The maximum atomic E-state index is 12.0. The summed E-state index contributed by atoms with van der Waals surface area (Å²) in [4.78, 5) is 20.7. The first kappa shape index (κ1) is 15.0. The second-order valence-corrected chi connectivity index (χ2v) is 6.20. The van der Waals surface area contributed by atoms with Gasteiger partial charge in [-0.05, 0) is 34.5 Å². The second-order valence-electron chi connectivity index (χ2n) is 5.41. The third-order valence-electron chi connectivity index (χ3n) is 4.03. The van der Waals surface area contributed by atoms with Gasteiger partial charge in [0.1, 0.15) is 4.47 Å². The molecule has 0 aliphatic carbocycles. The summed E-state index contributed by atoms with van der Waals surface area (Å²) in [6.45, 7) is 5.59. The molecule has 7 heteroatoms. The highest BCUT2D eigenvalue weighted by molar-refractivity contribution is 9.10. The molecule has 1 saturated heterocycles. The van der Waals surface area contributed by atoms with Crippen LogP contribution in [0.1, 0.15) is 5.56 Å². The molecular formula is C15H18BrN5O. The second kappa shape index (κ2) is 6.08. The fraction of sp³-hybridized carbons (Fsp3) is 0.400. The highest BCUT2D eigenvalue weighted by Crippen LogP contribution is 2.25. The molecule has 3 heterocycles. The SMILES string of the molecule is Cc1ccncc1N1CCN(c2cnn(C)c(=O)c2Br)CC1. The van der Waals surface area contributed by atoms with Crippen LogP contribution < -0.4 is 15.4 Å². The van der Waals surface area contributed by atoms with Gasteiger partial charge in [-0.3, -0.25) is 9.78 Å². The van der Waals surface area contributed by atoms with Crippen molar-refractivity contribution >= 4 is 27.3 Å². The summed E-state index contributed by atoms with van der Waals surface area (Å²) in [5.74, 6) is 0. The van der Waals surface area contributed by atoms with Gasteiger partial charge in [0.15, 0.2) is 0 Å². The minimum atomic E-state index is -0.108. The van der Waals surface area contributed by atoms with Gasteiger partial charge in [0.05, 0.1) is 23.8 Å². The van der Waals surface area contributed by atoms with Gasteiger partial charge in [0.25, 0.3) is 5.56 Å². The van der Waals surface area contributed by atoms with Gasteiger partial charge in [-0.25, -0.2) is 4.68 Å². The molecule has 0 N–H and O–H groups in total. The topological polar surface area (TPSA) is 54.3 Å². The van der Waals surface area contributed by atoms with Crippen LogP contribution >= 0.6 is 15.9 Å². The Bertz CT molecular complexity index is 737. The highest BCUT2D eigenvalue weighted by Gasteiger charge is 2.21. The number of aromatic nitrogens is 3. The molecule has 0 radical (unpaired) electrons. The molecule has 0 aromatic carbocycles. The van der Waals surface area contributed by atoms with E-state index in [-0.39, 0.29) is 5.56 Å². The van der Waals surface area contributed by atoms with E-state index in [0.29, 0.717) is 4.47 Å². The number of piperazine rings is 1. The Morgan fingerprint density at radius 2 is 1.73 bits per heavy atom. The third kappa shape index (κ3) is 2.72. The van der Waals surface area contributed by atoms with Crippen LogP contribution in [0.15, 0.2) is 33.9 Å². The summed E-state index contributed by atoms with van der Waals surface area (Å²) in [6.07, 6.45) is 5.48. The van der Waals surface area contributed by atoms with Crippen LogP contribution in [0.2, 0.25) is 0 Å². The number of rotatable bonds is 2. The number of halogens is 1. The van der Waals surface area contributed by atoms with Gasteiger partial charge in [0.2, 0.25) is 0 Å². The van der Waals surface area contributed by atoms with Crippen molar-refractivity contribution in [3.05, 3.63) is 45.0 Å². The number of anilines is 2. The Morgan fingerprint density at radius 1 is 1.09 bits per heavy atom. The summed E-state index contributed by atoms with van der Waals surface area (Å²) in [6, 6.07) is 2.03. The molecule has 0 amide bonds. The van der Waals surface area contributed by atoms with Crippen LogP contribution in [0.4, 0.5) is 11.4 Å². The lowest BCUT2D eigenvalue weighted by Gasteiger charge is -2.37. The maximum Gasteiger partial charge on any atom is 0.282 e. The van der Waals surface area contributed by atoms with Gasteiger partial charge in [0, 0.05) is 39.4 Å². The Kier molecular flexibility index (Phi) is 4.15. The summed E-state index contributed by atoms with van der Waals surface area (Å²) >= 11 is 3.40. The fourth-order valence-corrected chi connectivity index (χ4v) is 3.31. The van der Waals surface area contributed by atoms with Crippen LogP contribution in [-0.2, 0) is 7.05 Å². The smallest absolute Gasteiger partial charge is 0.282 e. The van der Waals surface area contributed by atoms with E-state index < -0.39 is 0 Å². The maximum absolute atomic E-state index is 12.0. The van der Waals surface area contributed by atoms with Crippen LogP contribution in [0.25, 0.3) is 0 Å². The van der Waals surface area contributed by atoms with Crippen molar-refractivity contribution < 1.29 is 0 Å². The zero-order valence-corrected chi connectivity index (χ0v) is 14.2. The first-order chi connectivity index (χ1) is 10.6. The van der Waals surface area contributed by atoms with Crippen molar-refractivity contribution in [3.63, 3.8) is 0 Å². The average molecular weight is 364 g/mol. The summed E-state index contributed by atoms with van der Waals surface area (Å²) in [7, 11) is 1.65. The molecule has 1 fully saturated rings. The van der Waals surface area contributed by atoms with E-state index in [1.54, 1.807) is 13.2 Å². The molecule has 1 aliphatic rings. The summed E-state index contributed by atoms with van der Waals surface area (Å²) in [5.41, 5.74) is 3.18. The van der Waals surface area contributed by atoms with E-state index in [0.717, 1.165) is 31.9 Å². The fourth-order valence-electron chi connectivity index (χ4n) is 2.70. The minimum Gasteiger partial charge on any atom is -0.367 e. The molecule has 2 aromatic heterocycles. The van der Waals surface area contributed by atoms with Crippen molar-refractivity contribution in [2.75, 3.05) is 36.0 Å². The van der Waals surface area contributed by atoms with E-state index in [9.17, 15) is 4.79 Å². The predicted octanol–water partition coefficient (Wildman–Crippen LogP) is 1.57. The van der Waals surface area contributed by atoms with Crippen molar-refractivity contribution in [2.45, 2.75) is 6.92 Å². The molecule has 6 nitrogen and oxygen atoms in total. The molecule has 0 spiro atoms. The molecule has 2 aromatic rings. The number of nitrogens with zero attached hydrogens (tertiary/aromatic N) is 5. The lowest BCUT2D eigenvalue weighted by Crippen LogP contribution is -2.47. The van der Waals surface area contributed by atoms with Crippen molar-refractivity contribution in [1.29, 1.82) is 0 Å². The van der Waals surface area contributed by atoms with Gasteiger partial charge >= 0.3 is 0 Å². The van der Waals surface area contributed by atoms with E-state index in [2.05, 4.69) is 42.7 Å². The first-order valence-electron chi connectivity index (χ1n) is 7.20. The molecule has 3 rings (SSSR count). The Morgan fingerprint density at radius 3 is 2.36 bits per heavy atom. The predicted molar refractivity (Wildman–Crippen MR) is 90.6 cm³/mol. The molecular weight excluding hydrogens is 346 g/mol. The molecule has 0 unspecified atom stereocenters. The van der Waals surface area contributed by atoms with Gasteiger partial charge in [-0.2, -0.15) is 5.10 Å². The van der Waals surface area contributed by atoms with Crippen LogP contribution in [0.5, 0.6) is 0 Å². The molecule has 22 heavy (non-hydrogen) atoms. The van der Waals surface area contributed by atoms with Crippen molar-refractivity contribution in [3.8, 4) is 0 Å². The molecule has 0 atom stereocenters. The molecule has 1 aliphatic heterocycles. The number of aryl methyl sites for hydroxylation is 2. The molecule has 0 bridgehead atoms. The lowest BCUT2D eigenvalue weighted by molar-refractivity contribution is 0.639. The quantitative estimate of drug-likeness (QED) is 0.810. The molecule has 0 saturated carbocycles. The van der Waals surface area contributed by atoms with Crippen LogP contribution in [0, 0.1) is 6.92 Å². The average Bonchev–Trinajstić information content (AvgIpc) is 2.54. The van der Waals surface area contributed by atoms with Gasteiger partial charge in [-0.15, -0.1) is 0 Å². The normalized spacial score (nSPS) is 15.2. The van der Waals surface area contributed by atoms with Gasteiger partial charge < -0.3 is 9.80 Å². The number of hydrogen-bond donors (Lipinski definition) is 0. The zero-order valence-electron chi connectivity index (χ0n) is 12.7. The lowest BCUT2D eigenvalue weighted by atomic mass is 10.2. The van der Waals surface area contributed by atoms with E-state index in [1.807, 2.05) is 18.5 Å². The monoisotopic (exact) mass is 363 g/mol. The Balaban J connectivity index is 1.76. The van der Waals surface area contributed by atoms with Gasteiger partial charge in [-0.1, -0.05) is 0 Å². The van der Waals surface area contributed by atoms with E-state index >= 15 is 0 Å². The minimum absolute atomic E-state index is 0.108. The zero-order chi connectivity index (χ0) is 15.7.